The molecule has 0 amide bonds. The molecule has 2 nitrogen and oxygen atoms in total. The molecule has 0 aliphatic heterocycles. The van der Waals surface area contributed by atoms with Gasteiger partial charge in [0.25, 0.3) is 0 Å². The highest BCUT2D eigenvalue weighted by atomic mass is 33.1. The normalized spacial score (nSPS) is 50.6. The van der Waals surface area contributed by atoms with Gasteiger partial charge in [0.1, 0.15) is 0 Å². The maximum absolute atomic E-state index is 10.9. The van der Waals surface area contributed by atoms with Crippen molar-refractivity contribution >= 4 is 21.6 Å². The minimum absolute atomic E-state index is 0.112. The molecule has 0 saturated heterocycles. The summed E-state index contributed by atoms with van der Waals surface area (Å²) >= 11 is 0. The molecule has 0 radical (unpaired) electrons. The molecule has 0 aromatic heterocycles. The molecule has 0 heterocycles. The van der Waals surface area contributed by atoms with E-state index in [1.165, 1.54) is 50.0 Å². The summed E-state index contributed by atoms with van der Waals surface area (Å²) in [6, 6.07) is 0. The SMILES string of the molecule is CCSSC[C@]12CC[C@@H](O)C=C1CC[C@@H]1[C@@H]2CC[C@]2(C)[C@@H](O)[C@H](C)C[C@@H]12. The quantitative estimate of drug-likeness (QED) is 0.384. The summed E-state index contributed by atoms with van der Waals surface area (Å²) in [4.78, 5) is 0. The lowest BCUT2D eigenvalue weighted by molar-refractivity contribution is -0.0779. The van der Waals surface area contributed by atoms with E-state index in [0.717, 1.165) is 18.3 Å². The van der Waals surface area contributed by atoms with Crippen LogP contribution in [0.2, 0.25) is 0 Å². The first-order valence-electron chi connectivity index (χ1n) is 10.7. The molecule has 0 unspecified atom stereocenters. The Morgan fingerprint density at radius 1 is 1.12 bits per heavy atom. The van der Waals surface area contributed by atoms with Crippen LogP contribution in [0.25, 0.3) is 0 Å². The van der Waals surface area contributed by atoms with Gasteiger partial charge in [-0.05, 0) is 74.0 Å². The maximum atomic E-state index is 10.9. The van der Waals surface area contributed by atoms with Gasteiger partial charge in [0.05, 0.1) is 12.2 Å². The van der Waals surface area contributed by atoms with Gasteiger partial charge in [-0.15, -0.1) is 0 Å². The van der Waals surface area contributed by atoms with Gasteiger partial charge < -0.3 is 10.2 Å². The standard InChI is InChI=1S/C22H36O2S2/c1-4-25-26-13-22-10-7-16(23)12-15(22)5-6-17-18(22)8-9-21(3)19(17)11-14(2)20(21)24/h12,14,16-20,23-24H,4-11,13H2,1-3H3/t14-,16-,17-,18+,19+,20+,21+,22-/m1/s1. The fourth-order valence-corrected chi connectivity index (χ4v) is 9.73. The molecule has 0 spiro atoms. The van der Waals surface area contributed by atoms with E-state index in [1.807, 2.05) is 10.8 Å². The molecule has 0 aromatic rings. The van der Waals surface area contributed by atoms with E-state index in [1.54, 1.807) is 5.57 Å². The molecule has 4 rings (SSSR count). The van der Waals surface area contributed by atoms with E-state index in [0.29, 0.717) is 17.3 Å². The zero-order valence-corrected chi connectivity index (χ0v) is 18.2. The number of allylic oxidation sites excluding steroid dienone is 1. The van der Waals surface area contributed by atoms with Crippen LogP contribution in [0.15, 0.2) is 11.6 Å². The molecular weight excluding hydrogens is 360 g/mol. The second-order valence-electron chi connectivity index (χ2n) is 9.74. The second kappa shape index (κ2) is 7.31. The van der Waals surface area contributed by atoms with Crippen LogP contribution in [0.3, 0.4) is 0 Å². The average molecular weight is 397 g/mol. The summed E-state index contributed by atoms with van der Waals surface area (Å²) in [5.74, 6) is 5.06. The van der Waals surface area contributed by atoms with Crippen LogP contribution in [0.1, 0.15) is 65.7 Å². The number of hydrogen-bond donors (Lipinski definition) is 2. The van der Waals surface area contributed by atoms with E-state index >= 15 is 0 Å². The maximum Gasteiger partial charge on any atom is 0.0724 e. The van der Waals surface area contributed by atoms with Crippen molar-refractivity contribution in [1.82, 2.24) is 0 Å². The lowest BCUT2D eigenvalue weighted by Gasteiger charge is -2.59. The van der Waals surface area contributed by atoms with E-state index in [2.05, 4.69) is 37.6 Å². The zero-order chi connectivity index (χ0) is 18.5. The first-order chi connectivity index (χ1) is 12.4. The van der Waals surface area contributed by atoms with Crippen LogP contribution >= 0.6 is 21.6 Å². The average Bonchev–Trinajstić information content (AvgIpc) is 2.86. The van der Waals surface area contributed by atoms with Crippen LogP contribution in [0.4, 0.5) is 0 Å². The molecule has 0 bridgehead atoms. The molecule has 26 heavy (non-hydrogen) atoms. The largest absolute Gasteiger partial charge is 0.392 e. The first-order valence-corrected chi connectivity index (χ1v) is 13.2. The zero-order valence-electron chi connectivity index (χ0n) is 16.6. The number of fused-ring (bicyclic) bond motifs is 5. The summed E-state index contributed by atoms with van der Waals surface area (Å²) in [5.41, 5.74) is 2.03. The van der Waals surface area contributed by atoms with Crippen molar-refractivity contribution in [2.75, 3.05) is 11.5 Å². The van der Waals surface area contributed by atoms with Crippen molar-refractivity contribution in [2.24, 2.45) is 34.5 Å². The Morgan fingerprint density at radius 2 is 1.92 bits per heavy atom. The van der Waals surface area contributed by atoms with Crippen molar-refractivity contribution in [1.29, 1.82) is 0 Å². The molecule has 0 aromatic carbocycles. The van der Waals surface area contributed by atoms with Gasteiger partial charge >= 0.3 is 0 Å². The Hall–Kier alpha value is 0.360. The van der Waals surface area contributed by atoms with Gasteiger partial charge in [0.2, 0.25) is 0 Å². The Labute approximate surface area is 167 Å². The minimum atomic E-state index is -0.222. The third kappa shape index (κ3) is 2.93. The van der Waals surface area contributed by atoms with Gasteiger partial charge in [-0.1, -0.05) is 54.0 Å². The van der Waals surface area contributed by atoms with Crippen molar-refractivity contribution < 1.29 is 10.2 Å². The van der Waals surface area contributed by atoms with Crippen molar-refractivity contribution in [2.45, 2.75) is 77.9 Å². The van der Waals surface area contributed by atoms with E-state index < -0.39 is 0 Å². The molecule has 8 atom stereocenters. The highest BCUT2D eigenvalue weighted by Gasteiger charge is 2.61. The first kappa shape index (κ1) is 19.7. The highest BCUT2D eigenvalue weighted by molar-refractivity contribution is 8.76. The van der Waals surface area contributed by atoms with Crippen molar-refractivity contribution in [3.63, 3.8) is 0 Å². The van der Waals surface area contributed by atoms with Gasteiger partial charge in [-0.2, -0.15) is 0 Å². The molecular formula is C22H36O2S2. The molecule has 3 fully saturated rings. The Kier molecular flexibility index (Phi) is 5.53. The van der Waals surface area contributed by atoms with Crippen LogP contribution in [-0.2, 0) is 0 Å². The molecule has 2 N–H and O–H groups in total. The molecule has 4 heteroatoms. The summed E-state index contributed by atoms with van der Waals surface area (Å²) in [6.07, 6.45) is 10.1. The number of rotatable bonds is 4. The fraction of sp³-hybridized carbons (Fsp3) is 0.909. The highest BCUT2D eigenvalue weighted by Crippen LogP contribution is 2.67. The summed E-state index contributed by atoms with van der Waals surface area (Å²) in [5, 5.41) is 21.2. The summed E-state index contributed by atoms with van der Waals surface area (Å²) in [7, 11) is 4.06. The Bertz CT molecular complexity index is 564. The van der Waals surface area contributed by atoms with Crippen LogP contribution in [0, 0.1) is 34.5 Å². The predicted octanol–water partition coefficient (Wildman–Crippen LogP) is 5.30. The molecule has 4 aliphatic rings. The fourth-order valence-electron chi connectivity index (χ4n) is 7.34. The third-order valence-corrected chi connectivity index (χ3v) is 11.2. The van der Waals surface area contributed by atoms with Gasteiger partial charge in [-0.25, -0.2) is 0 Å². The van der Waals surface area contributed by atoms with Crippen molar-refractivity contribution in [3.8, 4) is 0 Å². The minimum Gasteiger partial charge on any atom is -0.392 e. The van der Waals surface area contributed by atoms with Gasteiger partial charge in [0.15, 0.2) is 0 Å². The summed E-state index contributed by atoms with van der Waals surface area (Å²) in [6.45, 7) is 6.89. The van der Waals surface area contributed by atoms with E-state index in [-0.39, 0.29) is 17.6 Å². The lowest BCUT2D eigenvalue weighted by atomic mass is 9.47. The summed E-state index contributed by atoms with van der Waals surface area (Å²) < 4.78 is 0. The number of aliphatic hydroxyl groups excluding tert-OH is 2. The predicted molar refractivity (Wildman–Crippen MR) is 113 cm³/mol. The van der Waals surface area contributed by atoms with Crippen LogP contribution in [-0.4, -0.2) is 33.9 Å². The molecule has 148 valence electrons. The Balaban J connectivity index is 1.66. The van der Waals surface area contributed by atoms with Crippen LogP contribution < -0.4 is 0 Å². The lowest BCUT2D eigenvalue weighted by Crippen LogP contribution is -2.53. The number of hydrogen-bond acceptors (Lipinski definition) is 4. The molecule has 3 saturated carbocycles. The van der Waals surface area contributed by atoms with E-state index in [4.69, 9.17) is 0 Å². The second-order valence-corrected chi connectivity index (χ2v) is 12.5. The van der Waals surface area contributed by atoms with Crippen LogP contribution in [0.5, 0.6) is 0 Å². The van der Waals surface area contributed by atoms with Gasteiger partial charge in [-0.3, -0.25) is 0 Å². The van der Waals surface area contributed by atoms with Crippen molar-refractivity contribution in [3.05, 3.63) is 11.6 Å². The third-order valence-electron chi connectivity index (χ3n) is 8.61. The Morgan fingerprint density at radius 3 is 2.69 bits per heavy atom. The number of aliphatic hydroxyl groups is 2. The smallest absolute Gasteiger partial charge is 0.0724 e. The van der Waals surface area contributed by atoms with E-state index in [9.17, 15) is 10.2 Å². The topological polar surface area (TPSA) is 40.5 Å². The monoisotopic (exact) mass is 396 g/mol. The van der Waals surface area contributed by atoms with Gasteiger partial charge in [0, 0.05) is 16.9 Å². The molecule has 4 aliphatic carbocycles.